The summed E-state index contributed by atoms with van der Waals surface area (Å²) in [5, 5.41) is 0. The molecule has 0 aromatic heterocycles. The van der Waals surface area contributed by atoms with Gasteiger partial charge in [0.2, 0.25) is 25.4 Å². The summed E-state index contributed by atoms with van der Waals surface area (Å²) in [4.78, 5) is 32.7. The molecule has 42 heavy (non-hydrogen) atoms. The van der Waals surface area contributed by atoms with E-state index in [1.54, 1.807) is 0 Å². The van der Waals surface area contributed by atoms with E-state index in [9.17, 15) is 9.59 Å². The molecule has 7 rings (SSSR count). The molecule has 0 bridgehead atoms. The summed E-state index contributed by atoms with van der Waals surface area (Å²) in [5.74, 6) is 1.72. The van der Waals surface area contributed by atoms with Gasteiger partial charge in [-0.15, -0.1) is 0 Å². The lowest BCUT2D eigenvalue weighted by atomic mass is 9.66. The summed E-state index contributed by atoms with van der Waals surface area (Å²) >= 11 is 0. The average molecular weight is 571 g/mol. The van der Waals surface area contributed by atoms with Crippen LogP contribution in [0.25, 0.3) is 6.08 Å². The van der Waals surface area contributed by atoms with Gasteiger partial charge in [-0.3, -0.25) is 9.59 Å². The maximum Gasteiger partial charge on any atom is 0.231 e. The molecule has 4 heterocycles. The Morgan fingerprint density at radius 1 is 0.667 bits per heavy atom. The second kappa shape index (κ2) is 11.7. The molecule has 4 unspecified atom stereocenters. The first kappa shape index (κ1) is 26.9. The van der Waals surface area contributed by atoms with Gasteiger partial charge in [-0.25, -0.2) is 0 Å². The topological polar surface area (TPSA) is 77.5 Å². The number of allylic oxidation sites excluding steroid dienone is 2. The molecule has 2 aromatic rings. The van der Waals surface area contributed by atoms with Crippen molar-refractivity contribution in [2.24, 2.45) is 17.8 Å². The van der Waals surface area contributed by atoms with Crippen molar-refractivity contribution in [2.75, 3.05) is 39.8 Å². The number of piperidine rings is 2. The van der Waals surface area contributed by atoms with Crippen molar-refractivity contribution in [1.82, 2.24) is 9.80 Å². The Balaban J connectivity index is 1.29. The summed E-state index contributed by atoms with van der Waals surface area (Å²) in [7, 11) is 0. The average Bonchev–Trinajstić information content (AvgIpc) is 3.72. The van der Waals surface area contributed by atoms with Crippen molar-refractivity contribution in [2.45, 2.75) is 44.4 Å². The van der Waals surface area contributed by atoms with E-state index >= 15 is 0 Å². The number of hydrogen-bond acceptors (Lipinski definition) is 6. The molecule has 220 valence electrons. The van der Waals surface area contributed by atoms with E-state index in [1.165, 1.54) is 0 Å². The first-order chi connectivity index (χ1) is 20.7. The number of carbonyl (C=O) groups excluding carboxylic acids is 2. The number of rotatable bonds is 5. The van der Waals surface area contributed by atoms with Crippen LogP contribution in [0, 0.1) is 17.8 Å². The van der Waals surface area contributed by atoms with Gasteiger partial charge in [-0.05, 0) is 73.9 Å². The molecule has 0 radical (unpaired) electrons. The van der Waals surface area contributed by atoms with Crippen molar-refractivity contribution < 1.29 is 28.5 Å². The SMILES string of the molecule is O=C(C1C=CC(c2ccc3c(c2)OCO3)C(C(=O)N2CCCCC2)C1C=Cc1ccc2c(c1)OCO2)N1CCCCC1. The summed E-state index contributed by atoms with van der Waals surface area (Å²) in [6, 6.07) is 11.8. The lowest BCUT2D eigenvalue weighted by Gasteiger charge is -2.42. The van der Waals surface area contributed by atoms with Crippen molar-refractivity contribution in [1.29, 1.82) is 0 Å². The summed E-state index contributed by atoms with van der Waals surface area (Å²) in [5.41, 5.74) is 1.94. The predicted octanol–water partition coefficient (Wildman–Crippen LogP) is 5.38. The molecule has 0 N–H and O–H groups in total. The van der Waals surface area contributed by atoms with Gasteiger partial charge in [-0.2, -0.15) is 0 Å². The fraction of sp³-hybridized carbons (Fsp3) is 0.471. The molecule has 0 spiro atoms. The van der Waals surface area contributed by atoms with Gasteiger partial charge in [0, 0.05) is 38.0 Å². The molecule has 4 atom stereocenters. The van der Waals surface area contributed by atoms with Gasteiger partial charge in [0.1, 0.15) is 0 Å². The highest BCUT2D eigenvalue weighted by molar-refractivity contribution is 5.86. The Morgan fingerprint density at radius 3 is 1.95 bits per heavy atom. The highest BCUT2D eigenvalue weighted by Crippen LogP contribution is 2.46. The van der Waals surface area contributed by atoms with Crippen LogP contribution in [0.5, 0.6) is 23.0 Å². The Bertz CT molecular complexity index is 1390. The van der Waals surface area contributed by atoms with Crippen molar-refractivity contribution in [3.63, 3.8) is 0 Å². The van der Waals surface area contributed by atoms with Gasteiger partial charge in [0.05, 0.1) is 11.8 Å². The Kier molecular flexibility index (Phi) is 7.53. The van der Waals surface area contributed by atoms with Crippen LogP contribution in [0.15, 0.2) is 54.6 Å². The van der Waals surface area contributed by atoms with Gasteiger partial charge in [0.25, 0.3) is 0 Å². The van der Waals surface area contributed by atoms with E-state index in [-0.39, 0.29) is 37.2 Å². The molecule has 4 aliphatic heterocycles. The molecule has 1 aliphatic carbocycles. The Hall–Kier alpha value is -3.94. The summed E-state index contributed by atoms with van der Waals surface area (Å²) < 4.78 is 22.4. The van der Waals surface area contributed by atoms with Crippen LogP contribution < -0.4 is 18.9 Å². The number of carbonyl (C=O) groups is 2. The molecular formula is C34H38N2O6. The van der Waals surface area contributed by atoms with E-state index in [4.69, 9.17) is 18.9 Å². The zero-order valence-corrected chi connectivity index (χ0v) is 23.9. The largest absolute Gasteiger partial charge is 0.454 e. The minimum atomic E-state index is -0.433. The fourth-order valence-corrected chi connectivity index (χ4v) is 7.08. The molecule has 2 aromatic carbocycles. The van der Waals surface area contributed by atoms with E-state index in [0.29, 0.717) is 11.5 Å². The second-order valence-electron chi connectivity index (χ2n) is 11.9. The third kappa shape index (κ3) is 5.23. The molecular weight excluding hydrogens is 532 g/mol. The zero-order valence-electron chi connectivity index (χ0n) is 23.9. The van der Waals surface area contributed by atoms with Crippen LogP contribution in [0.4, 0.5) is 0 Å². The fourth-order valence-electron chi connectivity index (χ4n) is 7.08. The second-order valence-corrected chi connectivity index (χ2v) is 11.9. The lowest BCUT2D eigenvalue weighted by molar-refractivity contribution is -0.142. The quantitative estimate of drug-likeness (QED) is 0.449. The standard InChI is InChI=1S/C34H38N2O6/c37-33(35-15-3-1-4-16-35)27-12-11-25(24-9-14-29-31(20-24)42-22-40-29)32(34(38)36-17-5-2-6-18-36)26(27)10-7-23-8-13-28-30(19-23)41-21-39-28/h7-14,19-20,25-27,32H,1-6,15-18,21-22H2. The predicted molar refractivity (Wildman–Crippen MR) is 157 cm³/mol. The number of hydrogen-bond donors (Lipinski definition) is 0. The number of fused-ring (bicyclic) bond motifs is 2. The van der Waals surface area contributed by atoms with Crippen molar-refractivity contribution >= 4 is 17.9 Å². The van der Waals surface area contributed by atoms with E-state index in [2.05, 4.69) is 18.2 Å². The van der Waals surface area contributed by atoms with E-state index in [1.807, 2.05) is 52.3 Å². The van der Waals surface area contributed by atoms with Crippen LogP contribution in [0.1, 0.15) is 55.6 Å². The summed E-state index contributed by atoms with van der Waals surface area (Å²) in [6.45, 7) is 3.48. The zero-order chi connectivity index (χ0) is 28.5. The van der Waals surface area contributed by atoms with Crippen LogP contribution in [0.2, 0.25) is 0 Å². The van der Waals surface area contributed by atoms with Gasteiger partial charge < -0.3 is 28.7 Å². The minimum Gasteiger partial charge on any atom is -0.454 e. The Morgan fingerprint density at radius 2 is 1.26 bits per heavy atom. The number of ether oxygens (including phenoxy) is 4. The van der Waals surface area contributed by atoms with Gasteiger partial charge >= 0.3 is 0 Å². The highest BCUT2D eigenvalue weighted by Gasteiger charge is 2.45. The summed E-state index contributed by atoms with van der Waals surface area (Å²) in [6.07, 6.45) is 14.7. The van der Waals surface area contributed by atoms with E-state index in [0.717, 1.165) is 87.3 Å². The normalized spacial score (nSPS) is 26.6. The smallest absolute Gasteiger partial charge is 0.231 e. The van der Waals surface area contributed by atoms with Crippen LogP contribution in [-0.4, -0.2) is 61.4 Å². The molecule has 2 saturated heterocycles. The van der Waals surface area contributed by atoms with Crippen LogP contribution >= 0.6 is 0 Å². The van der Waals surface area contributed by atoms with E-state index < -0.39 is 11.8 Å². The van der Waals surface area contributed by atoms with Crippen molar-refractivity contribution in [3.05, 3.63) is 65.8 Å². The highest BCUT2D eigenvalue weighted by atomic mass is 16.7. The van der Waals surface area contributed by atoms with Crippen LogP contribution in [0.3, 0.4) is 0 Å². The number of benzene rings is 2. The maximum atomic E-state index is 14.5. The number of amides is 2. The first-order valence-corrected chi connectivity index (χ1v) is 15.4. The molecule has 2 amide bonds. The Labute approximate surface area is 246 Å². The molecule has 2 fully saturated rings. The number of likely N-dealkylation sites (tertiary alicyclic amines) is 2. The lowest BCUT2D eigenvalue weighted by Crippen LogP contribution is -2.49. The molecule has 5 aliphatic rings. The maximum absolute atomic E-state index is 14.5. The van der Waals surface area contributed by atoms with Gasteiger partial charge in [0.15, 0.2) is 23.0 Å². The molecule has 8 nitrogen and oxygen atoms in total. The monoisotopic (exact) mass is 570 g/mol. The van der Waals surface area contributed by atoms with Gasteiger partial charge in [-0.1, -0.05) is 36.4 Å². The third-order valence-corrected chi connectivity index (χ3v) is 9.34. The first-order valence-electron chi connectivity index (χ1n) is 15.4. The molecule has 8 heteroatoms. The third-order valence-electron chi connectivity index (χ3n) is 9.34. The van der Waals surface area contributed by atoms with Crippen LogP contribution in [-0.2, 0) is 9.59 Å². The minimum absolute atomic E-state index is 0.117. The number of nitrogens with zero attached hydrogens (tertiary/aromatic N) is 2. The molecule has 0 saturated carbocycles. The van der Waals surface area contributed by atoms with Crippen molar-refractivity contribution in [3.8, 4) is 23.0 Å².